The van der Waals surface area contributed by atoms with Crippen molar-refractivity contribution in [2.75, 3.05) is 18.2 Å². The number of hydrogen-bond donors (Lipinski definition) is 1. The third-order valence-electron chi connectivity index (χ3n) is 1.69. The standard InChI is InChI=1S/C8H11FN2O2S/c9-3-1-5-14(12,13)8-2-4-11-6-7(8)10/h2,4,6H,1,3,5,10H2. The molecule has 0 aromatic carbocycles. The second-order valence-electron chi connectivity index (χ2n) is 2.77. The Morgan fingerprint density at radius 1 is 1.50 bits per heavy atom. The molecule has 0 amide bonds. The van der Waals surface area contributed by atoms with Crippen molar-refractivity contribution >= 4 is 15.5 Å². The molecule has 2 N–H and O–H groups in total. The van der Waals surface area contributed by atoms with E-state index in [0.29, 0.717) is 0 Å². The monoisotopic (exact) mass is 218 g/mol. The minimum atomic E-state index is -3.46. The number of halogens is 1. The van der Waals surface area contributed by atoms with Crippen LogP contribution in [0.4, 0.5) is 10.1 Å². The predicted molar refractivity (Wildman–Crippen MR) is 51.3 cm³/mol. The predicted octanol–water partition coefficient (Wildman–Crippen LogP) is 0.797. The fourth-order valence-electron chi connectivity index (χ4n) is 1.03. The van der Waals surface area contributed by atoms with E-state index < -0.39 is 16.5 Å². The quantitative estimate of drug-likeness (QED) is 0.811. The number of nitrogen functional groups attached to an aromatic ring is 1. The maximum Gasteiger partial charge on any atom is 0.180 e. The highest BCUT2D eigenvalue weighted by Crippen LogP contribution is 2.17. The molecule has 0 spiro atoms. The molecular weight excluding hydrogens is 207 g/mol. The van der Waals surface area contributed by atoms with Crippen molar-refractivity contribution in [3.63, 3.8) is 0 Å². The number of pyridine rings is 1. The average molecular weight is 218 g/mol. The van der Waals surface area contributed by atoms with Crippen LogP contribution in [0.5, 0.6) is 0 Å². The van der Waals surface area contributed by atoms with Gasteiger partial charge in [0.2, 0.25) is 0 Å². The molecule has 78 valence electrons. The van der Waals surface area contributed by atoms with Gasteiger partial charge in [0.1, 0.15) is 0 Å². The Morgan fingerprint density at radius 2 is 2.21 bits per heavy atom. The van der Waals surface area contributed by atoms with Crippen LogP contribution in [0.1, 0.15) is 6.42 Å². The molecule has 0 unspecified atom stereocenters. The number of anilines is 1. The van der Waals surface area contributed by atoms with Crippen molar-refractivity contribution in [1.29, 1.82) is 0 Å². The van der Waals surface area contributed by atoms with Crippen LogP contribution in [0, 0.1) is 0 Å². The van der Waals surface area contributed by atoms with Crippen LogP contribution < -0.4 is 5.73 Å². The molecule has 1 heterocycles. The van der Waals surface area contributed by atoms with Gasteiger partial charge in [-0.3, -0.25) is 9.37 Å². The van der Waals surface area contributed by atoms with E-state index >= 15 is 0 Å². The van der Waals surface area contributed by atoms with E-state index in [2.05, 4.69) is 4.98 Å². The lowest BCUT2D eigenvalue weighted by Gasteiger charge is -2.04. The van der Waals surface area contributed by atoms with Crippen molar-refractivity contribution in [2.45, 2.75) is 11.3 Å². The van der Waals surface area contributed by atoms with Crippen LogP contribution in [0.15, 0.2) is 23.4 Å². The Morgan fingerprint density at radius 3 is 2.79 bits per heavy atom. The van der Waals surface area contributed by atoms with Crippen LogP contribution in [0.25, 0.3) is 0 Å². The van der Waals surface area contributed by atoms with Gasteiger partial charge in [0, 0.05) is 6.20 Å². The molecule has 0 atom stereocenters. The number of hydrogen-bond acceptors (Lipinski definition) is 4. The average Bonchev–Trinajstić information content (AvgIpc) is 2.15. The summed E-state index contributed by atoms with van der Waals surface area (Å²) in [5.41, 5.74) is 5.55. The lowest BCUT2D eigenvalue weighted by Crippen LogP contribution is -2.10. The number of sulfone groups is 1. The molecule has 0 radical (unpaired) electrons. The molecule has 1 rings (SSSR count). The maximum absolute atomic E-state index is 11.8. The van der Waals surface area contributed by atoms with Crippen molar-refractivity contribution in [3.05, 3.63) is 18.5 Å². The summed E-state index contributed by atoms with van der Waals surface area (Å²) in [6, 6.07) is 1.32. The number of rotatable bonds is 4. The zero-order valence-corrected chi connectivity index (χ0v) is 8.30. The highest BCUT2D eigenvalue weighted by atomic mass is 32.2. The number of aromatic nitrogens is 1. The van der Waals surface area contributed by atoms with Gasteiger partial charge < -0.3 is 5.73 Å². The smallest absolute Gasteiger partial charge is 0.180 e. The van der Waals surface area contributed by atoms with Crippen LogP contribution in [0.2, 0.25) is 0 Å². The first-order valence-electron chi connectivity index (χ1n) is 4.06. The zero-order chi connectivity index (χ0) is 10.6. The second-order valence-corrected chi connectivity index (χ2v) is 4.85. The fourth-order valence-corrected chi connectivity index (χ4v) is 2.42. The van der Waals surface area contributed by atoms with Gasteiger partial charge in [0.15, 0.2) is 9.84 Å². The van der Waals surface area contributed by atoms with E-state index in [1.807, 2.05) is 0 Å². The SMILES string of the molecule is Nc1cnccc1S(=O)(=O)CCCF. The van der Waals surface area contributed by atoms with Crippen molar-refractivity contribution in [2.24, 2.45) is 0 Å². The first kappa shape index (κ1) is 10.9. The molecule has 4 nitrogen and oxygen atoms in total. The van der Waals surface area contributed by atoms with Crippen molar-refractivity contribution in [3.8, 4) is 0 Å². The second kappa shape index (κ2) is 4.36. The third kappa shape index (κ3) is 2.41. The Balaban J connectivity index is 2.99. The Kier molecular flexibility index (Phi) is 3.40. The molecule has 0 saturated heterocycles. The molecule has 14 heavy (non-hydrogen) atoms. The summed E-state index contributed by atoms with van der Waals surface area (Å²) >= 11 is 0. The zero-order valence-electron chi connectivity index (χ0n) is 7.48. The largest absolute Gasteiger partial charge is 0.396 e. The Hall–Kier alpha value is -1.17. The topological polar surface area (TPSA) is 73.0 Å². The van der Waals surface area contributed by atoms with Crippen LogP contribution >= 0.6 is 0 Å². The summed E-state index contributed by atoms with van der Waals surface area (Å²) in [5.74, 6) is -0.224. The normalized spacial score (nSPS) is 11.5. The number of alkyl halides is 1. The van der Waals surface area contributed by atoms with Gasteiger partial charge in [-0.25, -0.2) is 8.42 Å². The number of nitrogens with zero attached hydrogens (tertiary/aromatic N) is 1. The summed E-state index contributed by atoms with van der Waals surface area (Å²) in [5, 5.41) is 0. The van der Waals surface area contributed by atoms with Crippen LogP contribution in [0.3, 0.4) is 0 Å². The van der Waals surface area contributed by atoms with Crippen molar-refractivity contribution < 1.29 is 12.8 Å². The third-order valence-corrected chi connectivity index (χ3v) is 3.56. The summed E-state index contributed by atoms with van der Waals surface area (Å²) in [7, 11) is -3.46. The van der Waals surface area contributed by atoms with Crippen LogP contribution in [-0.4, -0.2) is 25.8 Å². The fraction of sp³-hybridized carbons (Fsp3) is 0.375. The van der Waals surface area contributed by atoms with E-state index in [-0.39, 0.29) is 22.8 Å². The van der Waals surface area contributed by atoms with Gasteiger partial charge in [-0.2, -0.15) is 0 Å². The van der Waals surface area contributed by atoms with E-state index in [9.17, 15) is 12.8 Å². The molecule has 0 aliphatic heterocycles. The van der Waals surface area contributed by atoms with Crippen LogP contribution in [-0.2, 0) is 9.84 Å². The molecule has 0 aliphatic carbocycles. The molecule has 1 aromatic rings. The summed E-state index contributed by atoms with van der Waals surface area (Å²) < 4.78 is 34.9. The van der Waals surface area contributed by atoms with E-state index in [1.165, 1.54) is 18.5 Å². The Bertz CT molecular complexity index is 406. The van der Waals surface area contributed by atoms with E-state index in [4.69, 9.17) is 5.73 Å². The van der Waals surface area contributed by atoms with E-state index in [1.54, 1.807) is 0 Å². The highest BCUT2D eigenvalue weighted by Gasteiger charge is 2.16. The van der Waals surface area contributed by atoms with Gasteiger partial charge in [0.05, 0.1) is 29.2 Å². The van der Waals surface area contributed by atoms with Crippen molar-refractivity contribution in [1.82, 2.24) is 4.98 Å². The Labute approximate surface area is 81.9 Å². The first-order valence-corrected chi connectivity index (χ1v) is 5.71. The van der Waals surface area contributed by atoms with Gasteiger partial charge in [-0.05, 0) is 12.5 Å². The molecule has 0 bridgehead atoms. The summed E-state index contributed by atoms with van der Waals surface area (Å²) in [4.78, 5) is 3.70. The van der Waals surface area contributed by atoms with Gasteiger partial charge >= 0.3 is 0 Å². The highest BCUT2D eigenvalue weighted by molar-refractivity contribution is 7.91. The lowest BCUT2D eigenvalue weighted by molar-refractivity contribution is 0.484. The summed E-state index contributed by atoms with van der Waals surface area (Å²) in [6.45, 7) is -0.649. The minimum Gasteiger partial charge on any atom is -0.396 e. The molecule has 6 heteroatoms. The van der Waals surface area contributed by atoms with Gasteiger partial charge in [0.25, 0.3) is 0 Å². The number of nitrogens with two attached hydrogens (primary N) is 1. The molecule has 0 aliphatic rings. The lowest BCUT2D eigenvalue weighted by atomic mass is 10.4. The van der Waals surface area contributed by atoms with E-state index in [0.717, 1.165) is 0 Å². The molecule has 0 saturated carbocycles. The minimum absolute atomic E-state index is 0.00983. The first-order chi connectivity index (χ1) is 6.58. The molecular formula is C8H11FN2O2S. The molecule has 0 fully saturated rings. The molecule has 1 aromatic heterocycles. The van der Waals surface area contributed by atoms with Gasteiger partial charge in [-0.1, -0.05) is 0 Å². The maximum atomic E-state index is 11.8. The summed E-state index contributed by atoms with van der Waals surface area (Å²) in [6.07, 6.45) is 2.60. The van der Waals surface area contributed by atoms with Gasteiger partial charge in [-0.15, -0.1) is 0 Å².